The highest BCUT2D eigenvalue weighted by atomic mass is 14.3. The van der Waals surface area contributed by atoms with Crippen LogP contribution in [0.1, 0.15) is 33.4 Å². The predicted molar refractivity (Wildman–Crippen MR) is 275 cm³/mol. The predicted octanol–water partition coefficient (Wildman–Crippen LogP) is 17.4. The number of benzene rings is 12. The van der Waals surface area contributed by atoms with E-state index in [9.17, 15) is 0 Å². The first kappa shape index (κ1) is 36.8. The zero-order valence-electron chi connectivity index (χ0n) is 36.0. The van der Waals surface area contributed by atoms with Gasteiger partial charge in [-0.05, 0) is 181 Å². The summed E-state index contributed by atoms with van der Waals surface area (Å²) in [6.07, 6.45) is 2.07. The molecule has 12 aromatic rings. The van der Waals surface area contributed by atoms with Crippen LogP contribution in [0.2, 0.25) is 0 Å². The average molecular weight is 813 g/mol. The van der Waals surface area contributed by atoms with E-state index in [4.69, 9.17) is 0 Å². The van der Waals surface area contributed by atoms with Crippen LogP contribution in [0.4, 0.5) is 0 Å². The average Bonchev–Trinajstić information content (AvgIpc) is 3.92. The van der Waals surface area contributed by atoms with Gasteiger partial charge < -0.3 is 0 Å². The third-order valence-electron chi connectivity index (χ3n) is 14.5. The van der Waals surface area contributed by atoms with Gasteiger partial charge in [-0.3, -0.25) is 0 Å². The highest BCUT2D eigenvalue weighted by Gasteiger charge is 2.23. The van der Waals surface area contributed by atoms with E-state index in [1.165, 1.54) is 143 Å². The Morgan fingerprint density at radius 3 is 1.28 bits per heavy atom. The van der Waals surface area contributed by atoms with Crippen molar-refractivity contribution >= 4 is 64.6 Å². The minimum Gasteiger partial charge on any atom is -0.0619 e. The van der Waals surface area contributed by atoms with Crippen molar-refractivity contribution in [1.82, 2.24) is 0 Å². The minimum atomic E-state index is 1.03. The second-order valence-electron chi connectivity index (χ2n) is 17.9. The first-order valence-corrected chi connectivity index (χ1v) is 22.7. The molecular formula is C64H44. The molecule has 0 amide bonds. The SMILES string of the molecule is Cc1c2ccccc2c(-c2ccc3c(c2)-c2ccccc2C3)c2c1ccc1ccccc12.Cc1c2ccccc2c(-c2ccc3c(c2)-c2ccccc2C3)c2ccc3ccccc3c12. The fourth-order valence-corrected chi connectivity index (χ4v) is 11.5. The van der Waals surface area contributed by atoms with Crippen LogP contribution in [0.25, 0.3) is 109 Å². The summed E-state index contributed by atoms with van der Waals surface area (Å²) in [4.78, 5) is 0. The van der Waals surface area contributed by atoms with Gasteiger partial charge in [0.05, 0.1) is 0 Å². The van der Waals surface area contributed by atoms with Gasteiger partial charge in [-0.2, -0.15) is 0 Å². The summed E-state index contributed by atoms with van der Waals surface area (Å²) in [5, 5.41) is 16.0. The van der Waals surface area contributed by atoms with E-state index in [0.717, 1.165) is 12.8 Å². The summed E-state index contributed by atoms with van der Waals surface area (Å²) < 4.78 is 0. The molecular weight excluding hydrogens is 769 g/mol. The van der Waals surface area contributed by atoms with E-state index in [0.29, 0.717) is 0 Å². The first-order valence-electron chi connectivity index (χ1n) is 22.7. The molecule has 0 saturated carbocycles. The fraction of sp³-hybridized carbons (Fsp3) is 0.0625. The van der Waals surface area contributed by atoms with Crippen molar-refractivity contribution in [3.8, 4) is 44.5 Å². The van der Waals surface area contributed by atoms with Gasteiger partial charge in [0.25, 0.3) is 0 Å². The minimum absolute atomic E-state index is 1.03. The lowest BCUT2D eigenvalue weighted by Crippen LogP contribution is -1.92. The maximum atomic E-state index is 2.43. The Balaban J connectivity index is 0.000000129. The first-order chi connectivity index (χ1) is 31.6. The molecule has 12 aromatic carbocycles. The van der Waals surface area contributed by atoms with Crippen molar-refractivity contribution in [3.05, 3.63) is 240 Å². The quantitative estimate of drug-likeness (QED) is 0.120. The van der Waals surface area contributed by atoms with Crippen LogP contribution >= 0.6 is 0 Å². The molecule has 0 aliphatic heterocycles. The summed E-state index contributed by atoms with van der Waals surface area (Å²) >= 11 is 0. The molecule has 14 rings (SSSR count). The Kier molecular flexibility index (Phi) is 8.27. The number of hydrogen-bond donors (Lipinski definition) is 0. The highest BCUT2D eigenvalue weighted by Crippen LogP contribution is 2.47. The largest absolute Gasteiger partial charge is 0.0619 e. The molecule has 0 spiro atoms. The van der Waals surface area contributed by atoms with Crippen molar-refractivity contribution in [2.75, 3.05) is 0 Å². The Hall–Kier alpha value is -7.80. The summed E-state index contributed by atoms with van der Waals surface area (Å²) in [5.74, 6) is 0. The third kappa shape index (κ3) is 5.55. The molecule has 300 valence electrons. The lowest BCUT2D eigenvalue weighted by molar-refractivity contribution is 1.26. The van der Waals surface area contributed by atoms with Crippen molar-refractivity contribution in [2.24, 2.45) is 0 Å². The van der Waals surface area contributed by atoms with E-state index in [1.807, 2.05) is 0 Å². The van der Waals surface area contributed by atoms with Crippen molar-refractivity contribution in [3.63, 3.8) is 0 Å². The monoisotopic (exact) mass is 812 g/mol. The van der Waals surface area contributed by atoms with E-state index in [2.05, 4.69) is 220 Å². The second-order valence-corrected chi connectivity index (χ2v) is 17.9. The van der Waals surface area contributed by atoms with Crippen LogP contribution in [-0.2, 0) is 12.8 Å². The maximum absolute atomic E-state index is 2.43. The van der Waals surface area contributed by atoms with E-state index in [-0.39, 0.29) is 0 Å². The molecule has 2 aliphatic rings. The van der Waals surface area contributed by atoms with Crippen LogP contribution in [0.3, 0.4) is 0 Å². The summed E-state index contributed by atoms with van der Waals surface area (Å²) in [7, 11) is 0. The van der Waals surface area contributed by atoms with Crippen LogP contribution in [0.5, 0.6) is 0 Å². The normalized spacial score (nSPS) is 12.4. The molecule has 0 unspecified atom stereocenters. The molecule has 0 heterocycles. The number of aryl methyl sites for hydroxylation is 2. The Morgan fingerprint density at radius 1 is 0.266 bits per heavy atom. The van der Waals surface area contributed by atoms with E-state index >= 15 is 0 Å². The summed E-state index contributed by atoms with van der Waals surface area (Å²) in [6.45, 7) is 4.54. The van der Waals surface area contributed by atoms with Gasteiger partial charge in [0.15, 0.2) is 0 Å². The molecule has 0 heteroatoms. The Morgan fingerprint density at radius 2 is 0.688 bits per heavy atom. The van der Waals surface area contributed by atoms with Crippen LogP contribution in [-0.4, -0.2) is 0 Å². The van der Waals surface area contributed by atoms with Crippen LogP contribution < -0.4 is 0 Å². The molecule has 0 atom stereocenters. The fourth-order valence-electron chi connectivity index (χ4n) is 11.5. The molecule has 0 nitrogen and oxygen atoms in total. The van der Waals surface area contributed by atoms with Crippen molar-refractivity contribution < 1.29 is 0 Å². The summed E-state index contributed by atoms with van der Waals surface area (Å²) in [6, 6.07) is 76.4. The zero-order chi connectivity index (χ0) is 42.5. The van der Waals surface area contributed by atoms with E-state index in [1.54, 1.807) is 0 Å². The van der Waals surface area contributed by atoms with E-state index < -0.39 is 0 Å². The lowest BCUT2D eigenvalue weighted by atomic mass is 9.85. The number of hydrogen-bond acceptors (Lipinski definition) is 0. The lowest BCUT2D eigenvalue weighted by Gasteiger charge is -2.18. The molecule has 0 aromatic heterocycles. The zero-order valence-corrected chi connectivity index (χ0v) is 36.0. The van der Waals surface area contributed by atoms with Gasteiger partial charge in [-0.25, -0.2) is 0 Å². The Bertz CT molecular complexity index is 3920. The van der Waals surface area contributed by atoms with Gasteiger partial charge >= 0.3 is 0 Å². The van der Waals surface area contributed by atoms with Gasteiger partial charge in [0.2, 0.25) is 0 Å². The molecule has 0 radical (unpaired) electrons. The molecule has 0 bridgehead atoms. The molecule has 0 saturated heterocycles. The van der Waals surface area contributed by atoms with Crippen molar-refractivity contribution in [1.29, 1.82) is 0 Å². The molecule has 0 N–H and O–H groups in total. The maximum Gasteiger partial charge on any atom is -0.00134 e. The van der Waals surface area contributed by atoms with Crippen LogP contribution in [0.15, 0.2) is 206 Å². The second kappa shape index (κ2) is 14.4. The smallest absolute Gasteiger partial charge is 0.00134 e. The standard InChI is InChI=1S/2C32H22/c1-20-25-10-6-7-13-29(25)31(32-26(20)17-16-21-8-2-5-12-28(21)32)24-15-14-23-18-22-9-3-4-11-27(22)30(23)19-24;1-20-25-10-6-7-13-28(25)32(29-17-16-21-8-2-5-12-27(21)31(20)29)24-15-14-23-18-22-9-3-4-11-26(22)30(23)19-24/h2*2-17,19H,18H2,1H3. The van der Waals surface area contributed by atoms with Gasteiger partial charge in [0, 0.05) is 0 Å². The molecule has 2 aliphatic carbocycles. The summed E-state index contributed by atoms with van der Waals surface area (Å²) in [5.41, 5.74) is 19.3. The topological polar surface area (TPSA) is 0 Å². The van der Waals surface area contributed by atoms with Gasteiger partial charge in [0.1, 0.15) is 0 Å². The third-order valence-corrected chi connectivity index (χ3v) is 14.5. The van der Waals surface area contributed by atoms with Crippen LogP contribution in [0, 0.1) is 13.8 Å². The Labute approximate surface area is 373 Å². The number of fused-ring (bicyclic) bond motifs is 14. The molecule has 0 fully saturated rings. The highest BCUT2D eigenvalue weighted by molar-refractivity contribution is 6.24. The van der Waals surface area contributed by atoms with Crippen molar-refractivity contribution in [2.45, 2.75) is 26.7 Å². The molecule has 64 heavy (non-hydrogen) atoms. The van der Waals surface area contributed by atoms with Gasteiger partial charge in [-0.15, -0.1) is 0 Å². The van der Waals surface area contributed by atoms with Gasteiger partial charge in [-0.1, -0.05) is 194 Å². The number of rotatable bonds is 2.